The zero-order valence-corrected chi connectivity index (χ0v) is 68.6. The van der Waals surface area contributed by atoms with E-state index >= 15 is 0 Å². The van der Waals surface area contributed by atoms with Crippen molar-refractivity contribution in [2.75, 3.05) is 59.8 Å². The zero-order chi connectivity index (χ0) is 73.5. The molecule has 0 unspecified atom stereocenters. The lowest BCUT2D eigenvalue weighted by Crippen LogP contribution is -2.45. The molecule has 10 aliphatic rings. The van der Waals surface area contributed by atoms with Crippen LogP contribution in [0.15, 0.2) is 0 Å². The smallest absolute Gasteiger partial charge is 0.233 e. The Morgan fingerprint density at radius 2 is 0.872 bits per heavy atom. The van der Waals surface area contributed by atoms with Crippen LogP contribution in [0.3, 0.4) is 0 Å². The fourth-order valence-electron chi connectivity index (χ4n) is 13.9. The Labute approximate surface area is 585 Å². The number of rotatable bonds is 8. The van der Waals surface area contributed by atoms with Crippen molar-refractivity contribution in [3.05, 3.63) is 22.8 Å². The zero-order valence-electron chi connectivity index (χ0n) is 68.6. The first-order valence-electron chi connectivity index (χ1n) is 37.8. The third-order valence-electron chi connectivity index (χ3n) is 19.1. The molecule has 0 aromatic heterocycles. The summed E-state index contributed by atoms with van der Waals surface area (Å²) in [5.74, 6) is 4.14. The van der Waals surface area contributed by atoms with E-state index in [1.807, 2.05) is 20.8 Å². The molecule has 4 saturated heterocycles. The van der Waals surface area contributed by atoms with Crippen molar-refractivity contribution in [1.82, 2.24) is 4.90 Å². The maximum absolute atomic E-state index is 12.3. The van der Waals surface area contributed by atoms with Crippen molar-refractivity contribution in [3.63, 3.8) is 0 Å². The van der Waals surface area contributed by atoms with Gasteiger partial charge in [-0.25, -0.2) is 17.5 Å². The van der Waals surface area contributed by atoms with Gasteiger partial charge < -0.3 is 39.6 Å². The number of nitrogens with zero attached hydrogens (tertiary/aromatic N) is 3. The van der Waals surface area contributed by atoms with Gasteiger partial charge in [-0.05, 0) is 158 Å². The normalized spacial score (nSPS) is 23.8. The Bertz CT molecular complexity index is 2190. The molecule has 94 heavy (non-hydrogen) atoms. The minimum atomic E-state index is -0.491. The van der Waals surface area contributed by atoms with E-state index in [0.717, 1.165) is 141 Å². The fraction of sp³-hybridized carbons (Fsp3) is 0.964. The summed E-state index contributed by atoms with van der Waals surface area (Å²) in [6.07, 6.45) is 21.9. The van der Waals surface area contributed by atoms with Gasteiger partial charge in [-0.3, -0.25) is 4.79 Å². The molecule has 0 aromatic carbocycles. The second-order valence-corrected chi connectivity index (χ2v) is 44.2. The first kappa shape index (κ1) is 90.4. The van der Waals surface area contributed by atoms with Gasteiger partial charge in [0.15, 0.2) is 0 Å². The van der Waals surface area contributed by atoms with Crippen LogP contribution in [0.2, 0.25) is 0 Å². The van der Waals surface area contributed by atoms with E-state index in [9.17, 15) is 14.3 Å². The van der Waals surface area contributed by atoms with Gasteiger partial charge in [0.2, 0.25) is 11.1 Å². The molecule has 554 valence electrons. The van der Waals surface area contributed by atoms with Crippen molar-refractivity contribution in [2.45, 2.75) is 371 Å². The maximum Gasteiger partial charge on any atom is 0.233 e. The highest BCUT2D eigenvalue weighted by molar-refractivity contribution is 5.87. The topological polar surface area (TPSA) is 103 Å². The Morgan fingerprint density at radius 1 is 0.500 bits per heavy atom. The van der Waals surface area contributed by atoms with E-state index in [1.165, 1.54) is 58.0 Å². The molecule has 6 aliphatic carbocycles. The summed E-state index contributed by atoms with van der Waals surface area (Å²) in [6.45, 7) is 91.5. The summed E-state index contributed by atoms with van der Waals surface area (Å²) >= 11 is 0. The molecule has 0 aromatic rings. The van der Waals surface area contributed by atoms with Gasteiger partial charge in [0.1, 0.15) is 12.0 Å². The van der Waals surface area contributed by atoms with E-state index in [2.05, 4.69) is 216 Å². The Morgan fingerprint density at radius 3 is 0.989 bits per heavy atom. The summed E-state index contributed by atoms with van der Waals surface area (Å²) in [6, 6.07) is 0. The Hall–Kier alpha value is -1.66. The average Bonchev–Trinajstić information content (AvgIpc) is 1.84. The molecule has 0 atom stereocenters. The van der Waals surface area contributed by atoms with Crippen LogP contribution < -0.4 is 5.73 Å². The number of carbonyl (C=O) groups is 1. The molecule has 0 radical (unpaired) electrons. The average molecular weight is 1330 g/mol. The first-order chi connectivity index (χ1) is 41.9. The molecular formula is C84H161FN4O5. The van der Waals surface area contributed by atoms with Gasteiger partial charge in [-0.2, -0.15) is 0 Å². The Balaban J connectivity index is 0.000000523. The second kappa shape index (κ2) is 35.3. The van der Waals surface area contributed by atoms with Crippen LogP contribution in [0, 0.1) is 102 Å². The molecule has 0 bridgehead atoms. The van der Waals surface area contributed by atoms with Gasteiger partial charge >= 0.3 is 0 Å². The monoisotopic (exact) mass is 1330 g/mol. The van der Waals surface area contributed by atoms with Crippen LogP contribution in [0.4, 0.5) is 4.39 Å². The van der Waals surface area contributed by atoms with Crippen LogP contribution >= 0.6 is 0 Å². The molecule has 4 aliphatic heterocycles. The standard InChI is InChI=1S/C10H17N.C9H19N.C9H15N.C9H18O.C8H15F.C8H17N.2C8H16O.C8H14O.C7H14O/c1-9(2,3)8-10(11-4)6-5-7-10;1-9(2,3)5-8-6-10(4)7-8;1-8(2,3)7-9(10-4)5-6-9;1-8(2,3)5-9(4)6-10-7-9;1-8(2,3)6-4-7(9)5-6;1-7(2,3)6-8(9)4-5-8;1-8(2,3)4-7-5-9-6-7;1-7(2,3)6-8(9)4-5-8;1-8(2,3)7(9)6-4-5-6;1-7(2,3)6-4-8-5-6/h5-8H2,1-3H3;8H,5-7H2,1-4H3;5-7H2,1-3H3;5-7H2,1-4H3;6-7H,4-5H2,1-3H3;4-6,9H2,1-3H3;7H,4-6H2,1-3H3;9H,4-6H2,1-3H3;6H,4-5H2,1-3H3;6H,4-5H2,1-3H3. The molecule has 6 saturated carbocycles. The maximum atomic E-state index is 12.3. The molecule has 9 nitrogen and oxygen atoms in total. The largest absolute Gasteiger partial charge is 0.390 e. The quantitative estimate of drug-likeness (QED) is 0.233. The lowest BCUT2D eigenvalue weighted by Gasteiger charge is -2.42. The van der Waals surface area contributed by atoms with E-state index in [0.29, 0.717) is 71.8 Å². The predicted molar refractivity (Wildman–Crippen MR) is 403 cm³/mol. The highest BCUT2D eigenvalue weighted by atomic mass is 19.1. The highest BCUT2D eigenvalue weighted by Crippen LogP contribution is 2.49. The number of alkyl halides is 1. The second-order valence-electron chi connectivity index (χ2n) is 44.2. The van der Waals surface area contributed by atoms with Crippen LogP contribution in [-0.2, 0) is 19.0 Å². The van der Waals surface area contributed by atoms with Crippen molar-refractivity contribution in [3.8, 4) is 0 Å². The van der Waals surface area contributed by atoms with E-state index < -0.39 is 6.17 Å². The highest BCUT2D eigenvalue weighted by Gasteiger charge is 2.53. The molecule has 10 fully saturated rings. The molecule has 3 N–H and O–H groups in total. The van der Waals surface area contributed by atoms with Gasteiger partial charge in [-0.15, -0.1) is 0 Å². The van der Waals surface area contributed by atoms with Gasteiger partial charge in [0, 0.05) is 85.7 Å². The number of aliphatic hydroxyl groups is 1. The number of Topliss-reactive ketones (excluding diaryl/α,β-unsaturated/α-hetero) is 1. The van der Waals surface area contributed by atoms with Crippen LogP contribution in [0.5, 0.6) is 0 Å². The minimum Gasteiger partial charge on any atom is -0.390 e. The summed E-state index contributed by atoms with van der Waals surface area (Å²) in [4.78, 5) is 21.0. The number of likely N-dealkylation sites (tertiary alicyclic amines) is 1. The lowest BCUT2D eigenvalue weighted by atomic mass is 9.68. The van der Waals surface area contributed by atoms with Gasteiger partial charge in [-0.1, -0.05) is 215 Å². The predicted octanol–water partition coefficient (Wildman–Crippen LogP) is 23.0. The third kappa shape index (κ3) is 43.8. The summed E-state index contributed by atoms with van der Waals surface area (Å²) in [7, 11) is 2.19. The summed E-state index contributed by atoms with van der Waals surface area (Å²) in [5.41, 5.74) is 10.1. The number of hydrogen-bond donors (Lipinski definition) is 2. The minimum absolute atomic E-state index is 0.0399. The number of hydrogen-bond acceptors (Lipinski definition) is 7. The van der Waals surface area contributed by atoms with Crippen molar-refractivity contribution in [1.29, 1.82) is 0 Å². The molecule has 4 heterocycles. The summed E-state index contributed by atoms with van der Waals surface area (Å²) in [5, 5.41) is 9.46. The van der Waals surface area contributed by atoms with Crippen molar-refractivity contribution >= 4 is 5.78 Å². The first-order valence-corrected chi connectivity index (χ1v) is 37.8. The van der Waals surface area contributed by atoms with Crippen LogP contribution in [0.25, 0.3) is 9.69 Å². The van der Waals surface area contributed by atoms with Gasteiger partial charge in [0.25, 0.3) is 0 Å². The summed E-state index contributed by atoms with van der Waals surface area (Å²) < 4.78 is 27.6. The molecule has 0 spiro atoms. The van der Waals surface area contributed by atoms with Crippen LogP contribution in [0.1, 0.15) is 343 Å². The van der Waals surface area contributed by atoms with E-state index in [-0.39, 0.29) is 27.6 Å². The molecular weight excluding hydrogens is 1160 g/mol. The van der Waals surface area contributed by atoms with E-state index in [4.69, 9.17) is 33.1 Å². The molecule has 0 amide bonds. The lowest BCUT2D eigenvalue weighted by molar-refractivity contribution is -0.127. The number of nitrogens with two attached hydrogens (primary N) is 1. The number of carbonyl (C=O) groups excluding carboxylic acids is 1. The SMILES string of the molecule is CC(C)(C)C(=O)C1CC1.CC(C)(C)C1CC(F)C1.CC(C)(C)C1COC1.CC(C)(C)CC1(C)COC1.CC(C)(C)CC1(N)CC1.CC(C)(C)CC1(O)CC1.CC(C)(C)CC1COC1.CN1CC(CC(C)(C)C)C1.[C-]#[N+]C1(CC(C)(C)C)CC1.[C-]#[N+]C1(CC(C)(C)C)CCC1. The third-order valence-corrected chi connectivity index (χ3v) is 19.1. The Kier molecular flexibility index (Phi) is 33.9. The molecule has 10 heteroatoms. The van der Waals surface area contributed by atoms with Crippen LogP contribution in [-0.4, -0.2) is 104 Å². The molecule has 10 rings (SSSR count). The van der Waals surface area contributed by atoms with Crippen molar-refractivity contribution in [2.24, 2.45) is 94.9 Å². The van der Waals surface area contributed by atoms with Crippen molar-refractivity contribution < 1.29 is 28.5 Å². The van der Waals surface area contributed by atoms with Gasteiger partial charge in [0.05, 0.1) is 45.2 Å². The number of halogens is 1. The number of ether oxygens (including phenoxy) is 3. The number of ketones is 1. The van der Waals surface area contributed by atoms with E-state index in [1.54, 1.807) is 0 Å². The fourth-order valence-corrected chi connectivity index (χ4v) is 13.9.